The van der Waals surface area contributed by atoms with Gasteiger partial charge in [0.1, 0.15) is 11.6 Å². The number of sulfonamides is 1. The van der Waals surface area contributed by atoms with Crippen molar-refractivity contribution in [1.82, 2.24) is 14.8 Å². The Morgan fingerprint density at radius 3 is 2.47 bits per heavy atom. The highest BCUT2D eigenvalue weighted by Gasteiger charge is 2.21. The summed E-state index contributed by atoms with van der Waals surface area (Å²) in [6.07, 6.45) is 0. The number of carbonyl (C=O) groups excluding carboxylic acids is 1. The van der Waals surface area contributed by atoms with Gasteiger partial charge in [0.05, 0.1) is 21.3 Å². The van der Waals surface area contributed by atoms with E-state index in [1.165, 1.54) is 35.0 Å². The summed E-state index contributed by atoms with van der Waals surface area (Å²) in [6, 6.07) is 16.8. The Balaban J connectivity index is 1.59. The molecule has 1 aromatic heterocycles. The van der Waals surface area contributed by atoms with Gasteiger partial charge < -0.3 is 5.32 Å². The van der Waals surface area contributed by atoms with Crippen LogP contribution in [0, 0.1) is 19.7 Å². The van der Waals surface area contributed by atoms with Gasteiger partial charge in [-0.15, -0.1) is 5.10 Å². The summed E-state index contributed by atoms with van der Waals surface area (Å²) >= 11 is 6.22. The maximum atomic E-state index is 13.9. The first-order valence-electron chi connectivity index (χ1n) is 10.0. The van der Waals surface area contributed by atoms with Crippen molar-refractivity contribution in [2.75, 3.05) is 10.0 Å². The highest BCUT2D eigenvalue weighted by molar-refractivity contribution is 7.92. The number of benzene rings is 3. The number of carbonyl (C=O) groups is 1. The molecule has 0 bridgehead atoms. The number of nitrogens with one attached hydrogen (secondary N) is 2. The second kappa shape index (κ2) is 9.24. The SMILES string of the molecule is Cc1ccc(NC(=O)c2nc(C)n(-c3ccccc3Cl)n2)cc1S(=O)(=O)Nc1ccccc1F. The minimum Gasteiger partial charge on any atom is -0.319 e. The van der Waals surface area contributed by atoms with Crippen LogP contribution in [0.1, 0.15) is 22.0 Å². The second-order valence-corrected chi connectivity index (χ2v) is 9.42. The average Bonchev–Trinajstić information content (AvgIpc) is 3.18. The first kappa shape index (κ1) is 23.4. The standard InChI is InChI=1S/C23H19ClFN5O3S/c1-14-11-12-16(13-21(14)34(32,33)29-19-9-5-4-8-18(19)25)27-23(31)22-26-15(2)30(28-22)20-10-6-3-7-17(20)24/h3-13,29H,1-2H3,(H,27,31). The van der Waals surface area contributed by atoms with Crippen molar-refractivity contribution in [1.29, 1.82) is 0 Å². The average molecular weight is 500 g/mol. The van der Waals surface area contributed by atoms with Crippen LogP contribution in [0.2, 0.25) is 5.02 Å². The van der Waals surface area contributed by atoms with Crippen LogP contribution in [0.4, 0.5) is 15.8 Å². The Morgan fingerprint density at radius 2 is 1.74 bits per heavy atom. The second-order valence-electron chi connectivity index (χ2n) is 7.37. The van der Waals surface area contributed by atoms with Crippen LogP contribution < -0.4 is 10.0 Å². The molecule has 11 heteroatoms. The molecule has 34 heavy (non-hydrogen) atoms. The van der Waals surface area contributed by atoms with Gasteiger partial charge in [-0.2, -0.15) is 0 Å². The molecule has 2 N–H and O–H groups in total. The summed E-state index contributed by atoms with van der Waals surface area (Å²) in [5, 5.41) is 7.27. The monoisotopic (exact) mass is 499 g/mol. The molecule has 0 fully saturated rings. The molecule has 1 heterocycles. The van der Waals surface area contributed by atoms with Gasteiger partial charge in [-0.1, -0.05) is 41.9 Å². The number of para-hydroxylation sites is 2. The first-order chi connectivity index (χ1) is 16.2. The van der Waals surface area contributed by atoms with Crippen LogP contribution in [0.25, 0.3) is 5.69 Å². The topological polar surface area (TPSA) is 106 Å². The molecule has 0 unspecified atom stereocenters. The van der Waals surface area contributed by atoms with E-state index in [1.54, 1.807) is 44.2 Å². The van der Waals surface area contributed by atoms with Gasteiger partial charge in [-0.05, 0) is 55.8 Å². The molecular formula is C23H19ClFN5O3S. The molecule has 0 saturated carbocycles. The highest BCUT2D eigenvalue weighted by Crippen LogP contribution is 2.25. The number of anilines is 2. The van der Waals surface area contributed by atoms with Gasteiger partial charge in [0.2, 0.25) is 5.82 Å². The molecule has 1 amide bonds. The van der Waals surface area contributed by atoms with E-state index in [-0.39, 0.29) is 22.1 Å². The Kier molecular flexibility index (Phi) is 6.36. The van der Waals surface area contributed by atoms with Gasteiger partial charge in [-0.3, -0.25) is 9.52 Å². The van der Waals surface area contributed by atoms with Crippen molar-refractivity contribution in [2.45, 2.75) is 18.7 Å². The quantitative estimate of drug-likeness (QED) is 0.399. The molecule has 4 aromatic rings. The van der Waals surface area contributed by atoms with Crippen LogP contribution in [-0.4, -0.2) is 29.1 Å². The predicted octanol–water partition coefficient (Wildman–Crippen LogP) is 4.73. The van der Waals surface area contributed by atoms with E-state index in [2.05, 4.69) is 20.1 Å². The van der Waals surface area contributed by atoms with Crippen molar-refractivity contribution in [3.05, 3.63) is 94.8 Å². The molecule has 0 aliphatic rings. The lowest BCUT2D eigenvalue weighted by Crippen LogP contribution is -2.17. The van der Waals surface area contributed by atoms with E-state index in [1.807, 2.05) is 0 Å². The lowest BCUT2D eigenvalue weighted by atomic mass is 10.2. The van der Waals surface area contributed by atoms with E-state index in [9.17, 15) is 17.6 Å². The zero-order valence-electron chi connectivity index (χ0n) is 18.1. The molecule has 0 saturated heterocycles. The largest absolute Gasteiger partial charge is 0.319 e. The number of aryl methyl sites for hydroxylation is 2. The number of halogens is 2. The number of aromatic nitrogens is 3. The molecule has 0 aliphatic heterocycles. The maximum Gasteiger partial charge on any atom is 0.295 e. The van der Waals surface area contributed by atoms with Crippen molar-refractivity contribution >= 4 is 38.9 Å². The van der Waals surface area contributed by atoms with Gasteiger partial charge in [0.25, 0.3) is 15.9 Å². The van der Waals surface area contributed by atoms with Gasteiger partial charge in [0, 0.05) is 5.69 Å². The molecule has 4 rings (SSSR count). The normalized spacial score (nSPS) is 11.3. The number of hydrogen-bond donors (Lipinski definition) is 2. The molecule has 3 aromatic carbocycles. The van der Waals surface area contributed by atoms with Crippen LogP contribution in [0.5, 0.6) is 0 Å². The van der Waals surface area contributed by atoms with Crippen LogP contribution in [0.3, 0.4) is 0 Å². The van der Waals surface area contributed by atoms with Crippen LogP contribution in [0.15, 0.2) is 71.6 Å². The van der Waals surface area contributed by atoms with Crippen LogP contribution >= 0.6 is 11.6 Å². The number of nitrogens with zero attached hydrogens (tertiary/aromatic N) is 3. The summed E-state index contributed by atoms with van der Waals surface area (Å²) in [4.78, 5) is 16.9. The van der Waals surface area contributed by atoms with Crippen molar-refractivity contribution in [3.8, 4) is 5.69 Å². The van der Waals surface area contributed by atoms with Crippen molar-refractivity contribution in [2.24, 2.45) is 0 Å². The first-order valence-corrected chi connectivity index (χ1v) is 11.9. The van der Waals surface area contributed by atoms with Crippen molar-refractivity contribution in [3.63, 3.8) is 0 Å². The molecule has 174 valence electrons. The smallest absolute Gasteiger partial charge is 0.295 e. The summed E-state index contributed by atoms with van der Waals surface area (Å²) in [6.45, 7) is 3.27. The molecule has 0 spiro atoms. The number of amides is 1. The third-order valence-electron chi connectivity index (χ3n) is 4.91. The van der Waals surface area contributed by atoms with E-state index in [0.717, 1.165) is 6.07 Å². The predicted molar refractivity (Wildman–Crippen MR) is 127 cm³/mol. The Bertz CT molecular complexity index is 1500. The highest BCUT2D eigenvalue weighted by atomic mass is 35.5. The number of hydrogen-bond acceptors (Lipinski definition) is 5. The third-order valence-corrected chi connectivity index (χ3v) is 6.73. The zero-order valence-corrected chi connectivity index (χ0v) is 19.7. The number of rotatable bonds is 6. The molecule has 0 radical (unpaired) electrons. The minimum absolute atomic E-state index is 0.112. The fourth-order valence-corrected chi connectivity index (χ4v) is 4.79. The fourth-order valence-electron chi connectivity index (χ4n) is 3.24. The summed E-state index contributed by atoms with van der Waals surface area (Å²) in [7, 11) is -4.12. The maximum absolute atomic E-state index is 13.9. The van der Waals surface area contributed by atoms with E-state index in [4.69, 9.17) is 11.6 Å². The lowest BCUT2D eigenvalue weighted by molar-refractivity contribution is 0.101. The summed E-state index contributed by atoms with van der Waals surface area (Å²) < 4.78 is 43.4. The van der Waals surface area contributed by atoms with Crippen LogP contribution in [-0.2, 0) is 10.0 Å². The van der Waals surface area contributed by atoms with Crippen molar-refractivity contribution < 1.29 is 17.6 Å². The Hall–Kier alpha value is -3.76. The third kappa shape index (κ3) is 4.78. The van der Waals surface area contributed by atoms with Gasteiger partial charge >= 0.3 is 0 Å². The lowest BCUT2D eigenvalue weighted by Gasteiger charge is -2.12. The van der Waals surface area contributed by atoms with E-state index >= 15 is 0 Å². The summed E-state index contributed by atoms with van der Waals surface area (Å²) in [5.74, 6) is -1.02. The molecule has 8 nitrogen and oxygen atoms in total. The summed E-state index contributed by atoms with van der Waals surface area (Å²) in [5.41, 5.74) is 1.01. The van der Waals surface area contributed by atoms with E-state index in [0.29, 0.717) is 22.1 Å². The Labute approximate surface area is 200 Å². The molecule has 0 atom stereocenters. The minimum atomic E-state index is -4.12. The Morgan fingerprint density at radius 1 is 1.03 bits per heavy atom. The van der Waals surface area contributed by atoms with Gasteiger partial charge in [0.15, 0.2) is 0 Å². The molecule has 0 aliphatic carbocycles. The zero-order chi connectivity index (χ0) is 24.5. The van der Waals surface area contributed by atoms with Gasteiger partial charge in [-0.25, -0.2) is 22.5 Å². The molecular weight excluding hydrogens is 481 g/mol. The van der Waals surface area contributed by atoms with E-state index < -0.39 is 21.7 Å². The fraction of sp³-hybridized carbons (Fsp3) is 0.0870.